The molecule has 2 heteroatoms. The van der Waals surface area contributed by atoms with Crippen LogP contribution in [0.3, 0.4) is 0 Å². The van der Waals surface area contributed by atoms with Crippen LogP contribution in [0, 0.1) is 46.3 Å². The van der Waals surface area contributed by atoms with Crippen molar-refractivity contribution < 1.29 is 9.90 Å². The van der Waals surface area contributed by atoms with Crippen molar-refractivity contribution in [1.29, 1.82) is 0 Å². The molecule has 0 bridgehead atoms. The van der Waals surface area contributed by atoms with Crippen LogP contribution in [0.4, 0.5) is 0 Å². The van der Waals surface area contributed by atoms with Gasteiger partial charge in [-0.3, -0.25) is 0 Å². The molecule has 184 valence electrons. The molecule has 0 aliphatic heterocycles. The molecule has 32 heavy (non-hydrogen) atoms. The van der Waals surface area contributed by atoms with Gasteiger partial charge in [-0.1, -0.05) is 65.5 Å². The van der Waals surface area contributed by atoms with Gasteiger partial charge in [-0.25, -0.2) is 0 Å². The molecule has 0 radical (unpaired) electrons. The topological polar surface area (TPSA) is 37.3 Å². The summed E-state index contributed by atoms with van der Waals surface area (Å²) in [6.07, 6.45) is 17.2. The lowest BCUT2D eigenvalue weighted by Crippen LogP contribution is -2.50. The van der Waals surface area contributed by atoms with Gasteiger partial charge in [-0.15, -0.1) is 0 Å². The number of Topliss-reactive ketones (excluding diaryl/α,β-unsaturated/α-hetero) is 1. The predicted molar refractivity (Wildman–Crippen MR) is 135 cm³/mol. The van der Waals surface area contributed by atoms with Crippen LogP contribution >= 0.6 is 0 Å². The normalized spacial score (nSPS) is 41.5. The van der Waals surface area contributed by atoms with E-state index in [4.69, 9.17) is 0 Å². The predicted octanol–water partition coefficient (Wildman–Crippen LogP) is 7.98. The Balaban J connectivity index is 0.000000668. The molecule has 0 aromatic carbocycles. The standard InChI is InChI=1S/C27H46O.C3H6O/c1-18(2)7-6-8-19(3)23-11-12-24-22-10-9-20-17-21(28)13-15-26(20,4)25(22)14-16-27(23,24)5;1-3(2)4/h9,18-19,21-25,28H,6-8,10-17H2,1-5H3;1-2H3/t19?,21-,22-,23+,24-,25-,26-,27+;/m0./s1. The maximum absolute atomic E-state index is 10.2. The van der Waals surface area contributed by atoms with Crippen molar-refractivity contribution in [2.24, 2.45) is 46.3 Å². The van der Waals surface area contributed by atoms with Gasteiger partial charge < -0.3 is 9.90 Å². The Morgan fingerprint density at radius 2 is 1.72 bits per heavy atom. The van der Waals surface area contributed by atoms with Gasteiger partial charge in [0.2, 0.25) is 0 Å². The van der Waals surface area contributed by atoms with Crippen LogP contribution < -0.4 is 0 Å². The minimum atomic E-state index is -0.0766. The second kappa shape index (κ2) is 10.3. The number of carbonyl (C=O) groups excluding carboxylic acids is 1. The molecular formula is C30H52O2. The third kappa shape index (κ3) is 5.21. The van der Waals surface area contributed by atoms with Crippen molar-refractivity contribution in [2.45, 2.75) is 125 Å². The molecule has 0 heterocycles. The Bertz CT molecular complexity index is 674. The summed E-state index contributed by atoms with van der Waals surface area (Å²) < 4.78 is 0. The van der Waals surface area contributed by atoms with E-state index < -0.39 is 0 Å². The van der Waals surface area contributed by atoms with E-state index in [2.05, 4.69) is 40.7 Å². The average molecular weight is 445 g/mol. The van der Waals surface area contributed by atoms with Crippen molar-refractivity contribution in [3.63, 3.8) is 0 Å². The lowest BCUT2D eigenvalue weighted by atomic mass is 9.47. The molecule has 0 aromatic heterocycles. The molecule has 8 atom stereocenters. The quantitative estimate of drug-likeness (QED) is 0.436. The molecule has 3 fully saturated rings. The number of aliphatic hydroxyl groups excluding tert-OH is 1. The number of aliphatic hydroxyl groups is 1. The van der Waals surface area contributed by atoms with Crippen LogP contribution in [0.5, 0.6) is 0 Å². The number of ketones is 1. The Labute approximate surface area is 199 Å². The molecular weight excluding hydrogens is 392 g/mol. The van der Waals surface area contributed by atoms with E-state index >= 15 is 0 Å². The second-order valence-electron chi connectivity index (χ2n) is 13.1. The third-order valence-corrected chi connectivity index (χ3v) is 10.3. The maximum Gasteiger partial charge on any atom is 0.126 e. The fourth-order valence-electron chi connectivity index (χ4n) is 8.67. The highest BCUT2D eigenvalue weighted by molar-refractivity contribution is 5.72. The highest BCUT2D eigenvalue weighted by Crippen LogP contribution is 2.67. The smallest absolute Gasteiger partial charge is 0.126 e. The molecule has 0 spiro atoms. The van der Waals surface area contributed by atoms with Gasteiger partial charge in [0.1, 0.15) is 5.78 Å². The number of hydrogen-bond acceptors (Lipinski definition) is 2. The van der Waals surface area contributed by atoms with Crippen molar-refractivity contribution >= 4 is 5.78 Å². The number of allylic oxidation sites excluding steroid dienone is 1. The first-order chi connectivity index (χ1) is 15.0. The van der Waals surface area contributed by atoms with Gasteiger partial charge in [0.15, 0.2) is 0 Å². The van der Waals surface area contributed by atoms with Crippen molar-refractivity contribution in [3.05, 3.63) is 11.6 Å². The minimum absolute atomic E-state index is 0.0766. The molecule has 0 amide bonds. The van der Waals surface area contributed by atoms with E-state index in [9.17, 15) is 9.90 Å². The van der Waals surface area contributed by atoms with E-state index in [1.807, 2.05) is 0 Å². The first-order valence-corrected chi connectivity index (χ1v) is 13.8. The summed E-state index contributed by atoms with van der Waals surface area (Å²) in [5, 5.41) is 10.2. The zero-order valence-electron chi connectivity index (χ0n) is 22.3. The van der Waals surface area contributed by atoms with Gasteiger partial charge in [0.25, 0.3) is 0 Å². The van der Waals surface area contributed by atoms with E-state index in [-0.39, 0.29) is 11.9 Å². The fourth-order valence-corrected chi connectivity index (χ4v) is 8.67. The molecule has 0 saturated heterocycles. The van der Waals surface area contributed by atoms with Gasteiger partial charge in [0, 0.05) is 0 Å². The lowest BCUT2D eigenvalue weighted by Gasteiger charge is -2.58. The monoisotopic (exact) mass is 444 g/mol. The second-order valence-corrected chi connectivity index (χ2v) is 13.1. The van der Waals surface area contributed by atoms with Crippen LogP contribution in [-0.2, 0) is 4.79 Å². The van der Waals surface area contributed by atoms with Gasteiger partial charge in [-0.2, -0.15) is 0 Å². The Morgan fingerprint density at radius 1 is 1.03 bits per heavy atom. The lowest BCUT2D eigenvalue weighted by molar-refractivity contribution is -0.114. The molecule has 2 nitrogen and oxygen atoms in total. The van der Waals surface area contributed by atoms with Crippen LogP contribution in [0.1, 0.15) is 119 Å². The van der Waals surface area contributed by atoms with Crippen molar-refractivity contribution in [2.75, 3.05) is 0 Å². The summed E-state index contributed by atoms with van der Waals surface area (Å²) in [5.41, 5.74) is 2.60. The first kappa shape index (κ1) is 26.0. The third-order valence-electron chi connectivity index (χ3n) is 10.3. The van der Waals surface area contributed by atoms with E-state index in [1.165, 1.54) is 71.6 Å². The zero-order chi connectivity index (χ0) is 23.7. The molecule has 3 saturated carbocycles. The summed E-state index contributed by atoms with van der Waals surface area (Å²) in [6.45, 7) is 15.6. The molecule has 0 aromatic rings. The van der Waals surface area contributed by atoms with E-state index in [0.29, 0.717) is 10.8 Å². The fraction of sp³-hybridized carbons (Fsp3) is 0.900. The molecule has 1 unspecified atom stereocenters. The average Bonchev–Trinajstić information content (AvgIpc) is 3.05. The van der Waals surface area contributed by atoms with Crippen LogP contribution in [0.15, 0.2) is 11.6 Å². The Morgan fingerprint density at radius 3 is 2.38 bits per heavy atom. The molecule has 4 aliphatic carbocycles. The number of hydrogen-bond donors (Lipinski definition) is 1. The summed E-state index contributed by atoms with van der Waals surface area (Å²) >= 11 is 0. The first-order valence-electron chi connectivity index (χ1n) is 13.8. The van der Waals surface area contributed by atoms with Crippen LogP contribution in [-0.4, -0.2) is 17.0 Å². The van der Waals surface area contributed by atoms with Gasteiger partial charge >= 0.3 is 0 Å². The number of carbonyl (C=O) groups is 1. The SMILES string of the molecule is CC(C)=O.CC(C)CCCC(C)[C@H]1CC[C@H]2[C@@H]3CC=C4C[C@@H](O)CC[C@]4(C)[C@H]3CC[C@]12C. The summed E-state index contributed by atoms with van der Waals surface area (Å²) in [5.74, 6) is 5.62. The van der Waals surface area contributed by atoms with E-state index in [0.717, 1.165) is 48.3 Å². The van der Waals surface area contributed by atoms with Gasteiger partial charge in [0.05, 0.1) is 6.10 Å². The zero-order valence-corrected chi connectivity index (χ0v) is 22.3. The molecule has 4 rings (SSSR count). The maximum atomic E-state index is 10.2. The van der Waals surface area contributed by atoms with Crippen LogP contribution in [0.25, 0.3) is 0 Å². The van der Waals surface area contributed by atoms with Crippen molar-refractivity contribution in [1.82, 2.24) is 0 Å². The number of rotatable bonds is 5. The highest BCUT2D eigenvalue weighted by atomic mass is 16.3. The van der Waals surface area contributed by atoms with Crippen molar-refractivity contribution in [3.8, 4) is 0 Å². The Hall–Kier alpha value is -0.630. The van der Waals surface area contributed by atoms with E-state index in [1.54, 1.807) is 5.57 Å². The minimum Gasteiger partial charge on any atom is -0.393 e. The Kier molecular flexibility index (Phi) is 8.38. The summed E-state index contributed by atoms with van der Waals surface area (Å²) in [4.78, 5) is 9.44. The van der Waals surface area contributed by atoms with Gasteiger partial charge in [-0.05, 0) is 112 Å². The summed E-state index contributed by atoms with van der Waals surface area (Å²) in [7, 11) is 0. The molecule has 4 aliphatic rings. The van der Waals surface area contributed by atoms with Crippen LogP contribution in [0.2, 0.25) is 0 Å². The number of fused-ring (bicyclic) bond motifs is 5. The summed E-state index contributed by atoms with van der Waals surface area (Å²) in [6, 6.07) is 0. The highest BCUT2D eigenvalue weighted by Gasteiger charge is 2.59. The molecule has 1 N–H and O–H groups in total. The largest absolute Gasteiger partial charge is 0.393 e.